The minimum atomic E-state index is -0.801. The maximum absolute atomic E-state index is 14.2. The molecule has 3 aliphatic rings. The molecule has 0 saturated heterocycles. The van der Waals surface area contributed by atoms with Crippen molar-refractivity contribution in [3.63, 3.8) is 0 Å². The fourth-order valence-corrected chi connectivity index (χ4v) is 5.69. The van der Waals surface area contributed by atoms with Crippen LogP contribution in [0, 0.1) is 29.4 Å². The Kier molecular flexibility index (Phi) is 4.21. The summed E-state index contributed by atoms with van der Waals surface area (Å²) >= 11 is 0. The van der Waals surface area contributed by atoms with Gasteiger partial charge in [-0.05, 0) is 49.7 Å². The molecule has 1 unspecified atom stereocenters. The van der Waals surface area contributed by atoms with Gasteiger partial charge < -0.3 is 15.4 Å². The molecule has 4 aromatic heterocycles. The Hall–Kier alpha value is -3.49. The van der Waals surface area contributed by atoms with Crippen molar-refractivity contribution in [2.24, 2.45) is 17.8 Å². The zero-order valence-corrected chi connectivity index (χ0v) is 17.1. The number of pyridine rings is 2. The molecule has 3 N–H and O–H groups in total. The number of hydrogen-bond donors (Lipinski definition) is 3. The highest BCUT2D eigenvalue weighted by Crippen LogP contribution is 2.46. The number of carboxylic acids is 1. The van der Waals surface area contributed by atoms with E-state index in [1.807, 2.05) is 0 Å². The summed E-state index contributed by atoms with van der Waals surface area (Å²) < 4.78 is 29.8. The Morgan fingerprint density at radius 2 is 1.94 bits per heavy atom. The molecule has 0 radical (unpaired) electrons. The number of imidazole rings is 1. The molecule has 2 atom stereocenters. The van der Waals surface area contributed by atoms with Crippen LogP contribution in [0.3, 0.4) is 0 Å². The first-order chi connectivity index (χ1) is 15.5. The van der Waals surface area contributed by atoms with Crippen LogP contribution in [0.1, 0.15) is 25.7 Å². The molecule has 0 aliphatic heterocycles. The molecule has 3 saturated carbocycles. The van der Waals surface area contributed by atoms with E-state index in [1.165, 1.54) is 18.2 Å². The average molecular weight is 437 g/mol. The molecule has 7 nitrogen and oxygen atoms in total. The van der Waals surface area contributed by atoms with Gasteiger partial charge in [-0.2, -0.15) is 0 Å². The Balaban J connectivity index is 1.49. The molecule has 164 valence electrons. The minimum absolute atomic E-state index is 0.141. The van der Waals surface area contributed by atoms with Gasteiger partial charge in [-0.15, -0.1) is 0 Å². The van der Waals surface area contributed by atoms with E-state index in [0.29, 0.717) is 33.8 Å². The lowest BCUT2D eigenvalue weighted by atomic mass is 9.61. The van der Waals surface area contributed by atoms with Crippen molar-refractivity contribution >= 4 is 28.3 Å². The lowest BCUT2D eigenvalue weighted by molar-refractivity contribution is -0.148. The van der Waals surface area contributed by atoms with Gasteiger partial charge in [0.15, 0.2) is 5.82 Å². The first kappa shape index (κ1) is 19.2. The second-order valence-corrected chi connectivity index (χ2v) is 8.85. The number of anilines is 1. The lowest BCUT2D eigenvalue weighted by Crippen LogP contribution is -2.51. The first-order valence-corrected chi connectivity index (χ1v) is 10.8. The van der Waals surface area contributed by atoms with Gasteiger partial charge in [0.2, 0.25) is 0 Å². The van der Waals surface area contributed by atoms with Crippen LogP contribution >= 0.6 is 0 Å². The molecule has 4 heterocycles. The fraction of sp³-hybridized carbons (Fsp3) is 0.348. The van der Waals surface area contributed by atoms with Crippen LogP contribution in [0.4, 0.5) is 14.6 Å². The van der Waals surface area contributed by atoms with Crippen LogP contribution in [0.25, 0.3) is 27.9 Å². The van der Waals surface area contributed by atoms with Crippen molar-refractivity contribution in [2.45, 2.75) is 31.7 Å². The van der Waals surface area contributed by atoms with E-state index in [-0.39, 0.29) is 17.9 Å². The number of hydrogen-bond acceptors (Lipinski definition) is 4. The number of aliphatic carboxylic acids is 1. The average Bonchev–Trinajstić information content (AvgIpc) is 3.35. The van der Waals surface area contributed by atoms with Gasteiger partial charge >= 0.3 is 5.97 Å². The highest BCUT2D eigenvalue weighted by molar-refractivity contribution is 5.93. The molecule has 4 aromatic rings. The summed E-state index contributed by atoms with van der Waals surface area (Å²) in [6.45, 7) is 0. The van der Waals surface area contributed by atoms with E-state index in [4.69, 9.17) is 4.98 Å². The molecule has 9 heteroatoms. The summed E-state index contributed by atoms with van der Waals surface area (Å²) in [6, 6.07) is 3.82. The summed E-state index contributed by atoms with van der Waals surface area (Å²) in [5.74, 6) is -0.877. The third kappa shape index (κ3) is 2.87. The van der Waals surface area contributed by atoms with Crippen LogP contribution in [0.2, 0.25) is 0 Å². The van der Waals surface area contributed by atoms with Crippen LogP contribution < -0.4 is 5.32 Å². The largest absolute Gasteiger partial charge is 0.481 e. The molecule has 32 heavy (non-hydrogen) atoms. The Bertz CT molecular complexity index is 1360. The summed E-state index contributed by atoms with van der Waals surface area (Å²) in [6.07, 6.45) is 8.22. The number of aromatic amines is 1. The molecule has 0 spiro atoms. The van der Waals surface area contributed by atoms with Crippen molar-refractivity contribution in [2.75, 3.05) is 5.32 Å². The molecule has 2 bridgehead atoms. The maximum Gasteiger partial charge on any atom is 0.308 e. The Morgan fingerprint density at radius 1 is 1.16 bits per heavy atom. The lowest BCUT2D eigenvalue weighted by Gasteiger charge is -2.47. The Labute approximate surface area is 181 Å². The number of aromatic nitrogens is 4. The molecular weight excluding hydrogens is 416 g/mol. The number of nitrogens with one attached hydrogen (secondary N) is 2. The number of H-pyrrole nitrogens is 1. The van der Waals surface area contributed by atoms with Crippen LogP contribution in [-0.4, -0.2) is 36.5 Å². The van der Waals surface area contributed by atoms with Gasteiger partial charge in [0.1, 0.15) is 23.1 Å². The zero-order valence-electron chi connectivity index (χ0n) is 17.1. The quantitative estimate of drug-likeness (QED) is 0.438. The van der Waals surface area contributed by atoms with Gasteiger partial charge in [-0.1, -0.05) is 0 Å². The minimum Gasteiger partial charge on any atom is -0.481 e. The van der Waals surface area contributed by atoms with Gasteiger partial charge in [-0.25, -0.2) is 18.7 Å². The SMILES string of the molecule is O=C(O)[C@@H]1C(Nc2nc(-c3c[nH]c4ncc(F)cc34)n3ccc(F)cc23)[C@H]2CC[C@@H]1CC2. The van der Waals surface area contributed by atoms with E-state index >= 15 is 0 Å². The molecular formula is C23H21F2N5O2. The predicted molar refractivity (Wildman–Crippen MR) is 114 cm³/mol. The van der Waals surface area contributed by atoms with E-state index in [1.54, 1.807) is 16.8 Å². The maximum atomic E-state index is 14.2. The highest BCUT2D eigenvalue weighted by atomic mass is 19.1. The molecule has 3 fully saturated rings. The van der Waals surface area contributed by atoms with Crippen molar-refractivity contribution in [1.29, 1.82) is 0 Å². The highest BCUT2D eigenvalue weighted by Gasteiger charge is 2.47. The predicted octanol–water partition coefficient (Wildman–Crippen LogP) is 4.46. The fourth-order valence-electron chi connectivity index (χ4n) is 5.69. The van der Waals surface area contributed by atoms with Gasteiger partial charge in [0.25, 0.3) is 0 Å². The van der Waals surface area contributed by atoms with Crippen LogP contribution in [-0.2, 0) is 4.79 Å². The Morgan fingerprint density at radius 3 is 2.72 bits per heavy atom. The molecule has 0 amide bonds. The van der Waals surface area contributed by atoms with Crippen molar-refractivity contribution < 1.29 is 18.7 Å². The summed E-state index contributed by atoms with van der Waals surface area (Å²) in [7, 11) is 0. The third-order valence-corrected chi connectivity index (χ3v) is 7.15. The normalized spacial score (nSPS) is 24.9. The second-order valence-electron chi connectivity index (χ2n) is 8.85. The standard InChI is InChI=1S/C23H21F2N5O2/c24-13-5-6-30-17(8-13)21(28-19-12-3-1-11(2-4-12)18(19)23(31)32)29-22(30)16-10-27-20-15(16)7-14(25)9-26-20/h5-12,18-19,28H,1-4H2,(H,26,27)(H,31,32)/t11-,12+,18-,19?/m0/s1. The topological polar surface area (TPSA) is 95.3 Å². The zero-order chi connectivity index (χ0) is 22.0. The smallest absolute Gasteiger partial charge is 0.308 e. The molecule has 0 aromatic carbocycles. The van der Waals surface area contributed by atoms with Crippen LogP contribution in [0.5, 0.6) is 0 Å². The van der Waals surface area contributed by atoms with Crippen molar-refractivity contribution in [1.82, 2.24) is 19.4 Å². The summed E-state index contributed by atoms with van der Waals surface area (Å²) in [5, 5.41) is 13.8. The number of nitrogens with zero attached hydrogens (tertiary/aromatic N) is 3. The number of carboxylic acid groups (broad SMARTS) is 1. The van der Waals surface area contributed by atoms with Crippen molar-refractivity contribution in [3.8, 4) is 11.4 Å². The number of halogens is 2. The van der Waals surface area contributed by atoms with Crippen molar-refractivity contribution in [3.05, 3.63) is 48.4 Å². The van der Waals surface area contributed by atoms with Gasteiger partial charge in [-0.3, -0.25) is 9.20 Å². The monoisotopic (exact) mass is 437 g/mol. The van der Waals surface area contributed by atoms with E-state index in [0.717, 1.165) is 31.9 Å². The number of carbonyl (C=O) groups is 1. The van der Waals surface area contributed by atoms with E-state index in [2.05, 4.69) is 15.3 Å². The van der Waals surface area contributed by atoms with Gasteiger partial charge in [0, 0.05) is 35.5 Å². The third-order valence-electron chi connectivity index (χ3n) is 7.15. The number of fused-ring (bicyclic) bond motifs is 5. The summed E-state index contributed by atoms with van der Waals surface area (Å²) in [4.78, 5) is 23.9. The van der Waals surface area contributed by atoms with E-state index < -0.39 is 23.5 Å². The molecule has 3 aliphatic carbocycles. The van der Waals surface area contributed by atoms with E-state index in [9.17, 15) is 18.7 Å². The summed E-state index contributed by atoms with van der Waals surface area (Å²) in [5.41, 5.74) is 1.65. The second kappa shape index (κ2) is 7.01. The first-order valence-electron chi connectivity index (χ1n) is 10.8. The van der Waals surface area contributed by atoms with Gasteiger partial charge in [0.05, 0.1) is 17.6 Å². The molecule has 7 rings (SSSR count). The van der Waals surface area contributed by atoms with Crippen LogP contribution in [0.15, 0.2) is 36.8 Å². The number of rotatable bonds is 4.